The van der Waals surface area contributed by atoms with Crippen LogP contribution < -0.4 is 4.74 Å². The van der Waals surface area contributed by atoms with Crippen molar-refractivity contribution in [3.05, 3.63) is 58.9 Å². The molecule has 0 N–H and O–H groups in total. The number of nitrogens with zero attached hydrogens (tertiary/aromatic N) is 1. The number of halogens is 1. The summed E-state index contributed by atoms with van der Waals surface area (Å²) in [5, 5.41) is 0.680. The van der Waals surface area contributed by atoms with E-state index in [1.54, 1.807) is 12.3 Å². The predicted molar refractivity (Wildman–Crippen MR) is 74.1 cm³/mol. The maximum atomic E-state index is 5.90. The molecule has 0 amide bonds. The van der Waals surface area contributed by atoms with Crippen molar-refractivity contribution in [2.75, 3.05) is 0 Å². The molecule has 1 aromatic carbocycles. The Morgan fingerprint density at radius 1 is 1.22 bits per heavy atom. The summed E-state index contributed by atoms with van der Waals surface area (Å²) >= 11 is 5.90. The fourth-order valence-electron chi connectivity index (χ4n) is 1.65. The first-order chi connectivity index (χ1) is 8.65. The Labute approximate surface area is 113 Å². The van der Waals surface area contributed by atoms with Crippen molar-refractivity contribution in [2.24, 2.45) is 0 Å². The molecule has 18 heavy (non-hydrogen) atoms. The lowest BCUT2D eigenvalue weighted by Crippen LogP contribution is -1.98. The molecular formula is C15H16ClNO. The number of ether oxygens (including phenoxy) is 1. The number of benzene rings is 1. The lowest BCUT2D eigenvalue weighted by atomic mass is 10.0. The molecule has 0 aliphatic carbocycles. The van der Waals surface area contributed by atoms with Gasteiger partial charge >= 0.3 is 0 Å². The minimum Gasteiger partial charge on any atom is -0.487 e. The summed E-state index contributed by atoms with van der Waals surface area (Å²) in [4.78, 5) is 4.20. The van der Waals surface area contributed by atoms with E-state index in [1.807, 2.05) is 18.2 Å². The first-order valence-electron chi connectivity index (χ1n) is 5.98. The van der Waals surface area contributed by atoms with Gasteiger partial charge in [-0.1, -0.05) is 37.6 Å². The van der Waals surface area contributed by atoms with Crippen molar-refractivity contribution in [3.63, 3.8) is 0 Å². The zero-order valence-electron chi connectivity index (χ0n) is 10.6. The molecule has 0 aliphatic heterocycles. The zero-order valence-corrected chi connectivity index (χ0v) is 11.3. The molecule has 1 heterocycles. The molecule has 0 spiro atoms. The minimum atomic E-state index is 0.433. The summed E-state index contributed by atoms with van der Waals surface area (Å²) < 4.78 is 5.72. The van der Waals surface area contributed by atoms with Gasteiger partial charge in [0.2, 0.25) is 0 Å². The largest absolute Gasteiger partial charge is 0.487 e. The topological polar surface area (TPSA) is 22.1 Å². The highest BCUT2D eigenvalue weighted by atomic mass is 35.5. The number of rotatable bonds is 4. The second kappa shape index (κ2) is 5.87. The Morgan fingerprint density at radius 2 is 2.06 bits per heavy atom. The van der Waals surface area contributed by atoms with Gasteiger partial charge in [0.15, 0.2) is 0 Å². The molecule has 3 heteroatoms. The van der Waals surface area contributed by atoms with Gasteiger partial charge in [-0.2, -0.15) is 0 Å². The van der Waals surface area contributed by atoms with E-state index in [4.69, 9.17) is 16.3 Å². The van der Waals surface area contributed by atoms with Crippen LogP contribution in [0.2, 0.25) is 5.02 Å². The van der Waals surface area contributed by atoms with Gasteiger partial charge in [0.1, 0.15) is 12.4 Å². The van der Waals surface area contributed by atoms with E-state index in [2.05, 4.69) is 31.0 Å². The fourth-order valence-corrected chi connectivity index (χ4v) is 1.83. The van der Waals surface area contributed by atoms with E-state index >= 15 is 0 Å². The summed E-state index contributed by atoms with van der Waals surface area (Å²) in [6, 6.07) is 11.7. The van der Waals surface area contributed by atoms with Crippen molar-refractivity contribution in [2.45, 2.75) is 26.4 Å². The molecule has 2 rings (SSSR count). The highest BCUT2D eigenvalue weighted by molar-refractivity contribution is 6.30. The molecule has 0 saturated heterocycles. The van der Waals surface area contributed by atoms with Crippen LogP contribution in [0.3, 0.4) is 0 Å². The van der Waals surface area contributed by atoms with Crippen LogP contribution in [-0.2, 0) is 6.61 Å². The average molecular weight is 262 g/mol. The monoisotopic (exact) mass is 261 g/mol. The van der Waals surface area contributed by atoms with Crippen molar-refractivity contribution in [1.82, 2.24) is 4.98 Å². The van der Waals surface area contributed by atoms with E-state index in [0.29, 0.717) is 17.5 Å². The highest BCUT2D eigenvalue weighted by Crippen LogP contribution is 2.21. The third kappa shape index (κ3) is 3.47. The van der Waals surface area contributed by atoms with E-state index in [-0.39, 0.29) is 0 Å². The Bertz CT molecular complexity index is 525. The molecule has 2 aromatic rings. The number of hydrogen-bond donors (Lipinski definition) is 0. The van der Waals surface area contributed by atoms with Crippen molar-refractivity contribution in [3.8, 4) is 5.75 Å². The molecule has 0 unspecified atom stereocenters. The Kier molecular flexibility index (Phi) is 4.21. The molecule has 2 nitrogen and oxygen atoms in total. The lowest BCUT2D eigenvalue weighted by Gasteiger charge is -2.09. The van der Waals surface area contributed by atoms with Crippen LogP contribution in [0.15, 0.2) is 42.6 Å². The van der Waals surface area contributed by atoms with E-state index in [0.717, 1.165) is 11.4 Å². The molecule has 0 fully saturated rings. The molecule has 0 bridgehead atoms. The second-order valence-electron chi connectivity index (χ2n) is 4.48. The van der Waals surface area contributed by atoms with E-state index in [1.165, 1.54) is 5.56 Å². The molecule has 0 aliphatic rings. The van der Waals surface area contributed by atoms with Crippen LogP contribution in [0.4, 0.5) is 0 Å². The molecule has 94 valence electrons. The van der Waals surface area contributed by atoms with Gasteiger partial charge in [0.05, 0.1) is 5.69 Å². The maximum Gasteiger partial charge on any atom is 0.130 e. The van der Waals surface area contributed by atoms with Crippen molar-refractivity contribution in [1.29, 1.82) is 0 Å². The lowest BCUT2D eigenvalue weighted by molar-refractivity contribution is 0.301. The van der Waals surface area contributed by atoms with Gasteiger partial charge in [-0.25, -0.2) is 0 Å². The SMILES string of the molecule is CC(C)c1cccc(OCc2cc(Cl)ccn2)c1. The van der Waals surface area contributed by atoms with Gasteiger partial charge < -0.3 is 4.74 Å². The van der Waals surface area contributed by atoms with Crippen LogP contribution in [-0.4, -0.2) is 4.98 Å². The second-order valence-corrected chi connectivity index (χ2v) is 4.92. The molecule has 0 atom stereocenters. The number of pyridine rings is 1. The number of aromatic nitrogens is 1. The van der Waals surface area contributed by atoms with Crippen molar-refractivity contribution < 1.29 is 4.74 Å². The molecule has 1 aromatic heterocycles. The van der Waals surface area contributed by atoms with Gasteiger partial charge in [-0.05, 0) is 35.7 Å². The van der Waals surface area contributed by atoms with Crippen molar-refractivity contribution >= 4 is 11.6 Å². The molecular weight excluding hydrogens is 246 g/mol. The van der Waals surface area contributed by atoms with Crippen LogP contribution in [0.5, 0.6) is 5.75 Å². The first-order valence-corrected chi connectivity index (χ1v) is 6.36. The quantitative estimate of drug-likeness (QED) is 0.812. The van der Waals surface area contributed by atoms with Crippen LogP contribution in [0.25, 0.3) is 0 Å². The summed E-state index contributed by atoms with van der Waals surface area (Å²) in [5.41, 5.74) is 2.10. The first kappa shape index (κ1) is 12.9. The summed E-state index contributed by atoms with van der Waals surface area (Å²) in [7, 11) is 0. The van der Waals surface area contributed by atoms with Gasteiger partial charge in [-0.3, -0.25) is 4.98 Å². The third-order valence-corrected chi connectivity index (χ3v) is 2.93. The van der Waals surface area contributed by atoms with Crippen LogP contribution in [0, 0.1) is 0 Å². The van der Waals surface area contributed by atoms with Gasteiger partial charge in [0.25, 0.3) is 0 Å². The number of hydrogen-bond acceptors (Lipinski definition) is 2. The molecule has 0 radical (unpaired) electrons. The smallest absolute Gasteiger partial charge is 0.130 e. The normalized spacial score (nSPS) is 10.7. The Morgan fingerprint density at radius 3 is 2.78 bits per heavy atom. The minimum absolute atomic E-state index is 0.433. The van der Waals surface area contributed by atoms with Gasteiger partial charge in [0, 0.05) is 11.2 Å². The Hall–Kier alpha value is -1.54. The summed E-state index contributed by atoms with van der Waals surface area (Å²) in [5.74, 6) is 1.36. The standard InChI is InChI=1S/C15H16ClNO/c1-11(2)12-4-3-5-15(8-12)18-10-14-9-13(16)6-7-17-14/h3-9,11H,10H2,1-2H3. The predicted octanol–water partition coefficient (Wildman–Crippen LogP) is 4.44. The fraction of sp³-hybridized carbons (Fsp3) is 0.267. The summed E-state index contributed by atoms with van der Waals surface area (Å²) in [6.07, 6.45) is 1.69. The summed E-state index contributed by atoms with van der Waals surface area (Å²) in [6.45, 7) is 4.76. The van der Waals surface area contributed by atoms with Crippen LogP contribution in [0.1, 0.15) is 31.0 Å². The highest BCUT2D eigenvalue weighted by Gasteiger charge is 2.02. The molecule has 0 saturated carbocycles. The van der Waals surface area contributed by atoms with E-state index in [9.17, 15) is 0 Å². The third-order valence-electron chi connectivity index (χ3n) is 2.69. The zero-order chi connectivity index (χ0) is 13.0. The maximum absolute atomic E-state index is 5.90. The van der Waals surface area contributed by atoms with Crippen LogP contribution >= 0.6 is 11.6 Å². The van der Waals surface area contributed by atoms with E-state index < -0.39 is 0 Å². The average Bonchev–Trinajstić information content (AvgIpc) is 2.37. The van der Waals surface area contributed by atoms with Gasteiger partial charge in [-0.15, -0.1) is 0 Å². The Balaban J connectivity index is 2.04.